The third-order valence-corrected chi connectivity index (χ3v) is 3.31. The summed E-state index contributed by atoms with van der Waals surface area (Å²) in [6, 6.07) is 0. The molecular formula is C8H9BrClF3. The number of alkyl halides is 5. The molecule has 0 heterocycles. The van der Waals surface area contributed by atoms with Gasteiger partial charge in [-0.15, -0.1) is 0 Å². The van der Waals surface area contributed by atoms with E-state index in [9.17, 15) is 13.2 Å². The number of hydrogen-bond donors (Lipinski definition) is 0. The average Bonchev–Trinajstić information content (AvgIpc) is 2.04. The average molecular weight is 278 g/mol. The van der Waals surface area contributed by atoms with Gasteiger partial charge in [0, 0.05) is 0 Å². The van der Waals surface area contributed by atoms with E-state index in [-0.39, 0.29) is 5.57 Å². The lowest BCUT2D eigenvalue weighted by Crippen LogP contribution is -2.36. The Morgan fingerprint density at radius 1 is 1.31 bits per heavy atom. The van der Waals surface area contributed by atoms with Crippen LogP contribution in [0, 0.1) is 0 Å². The van der Waals surface area contributed by atoms with Gasteiger partial charge < -0.3 is 0 Å². The monoisotopic (exact) mass is 276 g/mol. The molecule has 0 radical (unpaired) electrons. The van der Waals surface area contributed by atoms with Crippen molar-refractivity contribution in [2.45, 2.75) is 35.6 Å². The van der Waals surface area contributed by atoms with Crippen LogP contribution in [-0.2, 0) is 0 Å². The van der Waals surface area contributed by atoms with Gasteiger partial charge in [-0.25, -0.2) is 4.39 Å². The van der Waals surface area contributed by atoms with Crippen molar-refractivity contribution in [2.75, 3.05) is 0 Å². The molecule has 0 aromatic heterocycles. The highest BCUT2D eigenvalue weighted by Gasteiger charge is 2.54. The molecule has 0 N–H and O–H groups in total. The summed E-state index contributed by atoms with van der Waals surface area (Å²) in [6.07, 6.45) is 4.02. The first-order chi connectivity index (χ1) is 5.86. The minimum Gasteiger partial charge on any atom is -0.213 e. The van der Waals surface area contributed by atoms with E-state index in [1.165, 1.54) is 6.08 Å². The predicted molar refractivity (Wildman–Crippen MR) is 50.1 cm³/mol. The van der Waals surface area contributed by atoms with Gasteiger partial charge in [0.2, 0.25) is 0 Å². The van der Waals surface area contributed by atoms with E-state index in [0.717, 1.165) is 6.42 Å². The summed E-state index contributed by atoms with van der Waals surface area (Å²) in [5, 5.41) is -3.08. The van der Waals surface area contributed by atoms with Gasteiger partial charge in [0.05, 0.1) is 0 Å². The molecule has 0 spiro atoms. The van der Waals surface area contributed by atoms with Crippen molar-refractivity contribution in [3.8, 4) is 0 Å². The summed E-state index contributed by atoms with van der Waals surface area (Å²) < 4.78 is 38.7. The Hall–Kier alpha value is 0.300. The zero-order valence-electron chi connectivity index (χ0n) is 6.80. The standard InChI is InChI=1S/C8H9BrClF3/c9-8(12,13)7(10,11)6-4-2-1-3-5-6/h4H,1-3,5H2. The Balaban J connectivity index is 2.85. The summed E-state index contributed by atoms with van der Waals surface area (Å²) in [5.74, 6) is 0. The fourth-order valence-electron chi connectivity index (χ4n) is 1.31. The first-order valence-electron chi connectivity index (χ1n) is 4.00. The Morgan fingerprint density at radius 3 is 2.31 bits per heavy atom. The van der Waals surface area contributed by atoms with Crippen molar-refractivity contribution in [1.29, 1.82) is 0 Å². The second-order valence-corrected chi connectivity index (χ2v) is 4.56. The molecule has 1 aliphatic rings. The molecule has 0 aromatic carbocycles. The normalized spacial score (nSPS) is 23.6. The van der Waals surface area contributed by atoms with Gasteiger partial charge in [-0.2, -0.15) is 8.78 Å². The lowest BCUT2D eigenvalue weighted by molar-refractivity contribution is 0.0131. The van der Waals surface area contributed by atoms with Crippen LogP contribution in [0.1, 0.15) is 25.7 Å². The van der Waals surface area contributed by atoms with Gasteiger partial charge in [0.25, 0.3) is 5.13 Å². The van der Waals surface area contributed by atoms with Crippen LogP contribution >= 0.6 is 27.5 Å². The molecule has 0 bridgehead atoms. The fourth-order valence-corrected chi connectivity index (χ4v) is 1.73. The Kier molecular flexibility index (Phi) is 3.33. The molecule has 0 saturated carbocycles. The minimum absolute atomic E-state index is 0.0118. The summed E-state index contributed by atoms with van der Waals surface area (Å²) in [5.41, 5.74) is -0.0118. The molecule has 1 rings (SSSR count). The molecular weight excluding hydrogens is 268 g/mol. The lowest BCUT2D eigenvalue weighted by atomic mass is 9.96. The van der Waals surface area contributed by atoms with E-state index in [0.29, 0.717) is 19.3 Å². The summed E-state index contributed by atoms with van der Waals surface area (Å²) in [7, 11) is 0. The Bertz CT molecular complexity index is 220. The highest BCUT2D eigenvalue weighted by Crippen LogP contribution is 2.48. The lowest BCUT2D eigenvalue weighted by Gasteiger charge is -2.27. The minimum atomic E-state index is -3.70. The number of hydrogen-bond acceptors (Lipinski definition) is 0. The summed E-state index contributed by atoms with van der Waals surface area (Å²) >= 11 is 7.11. The maximum absolute atomic E-state index is 13.4. The topological polar surface area (TPSA) is 0 Å². The van der Waals surface area contributed by atoms with Crippen LogP contribution in [0.4, 0.5) is 13.2 Å². The zero-order chi connectivity index (χ0) is 10.1. The van der Waals surface area contributed by atoms with E-state index in [1.807, 2.05) is 15.9 Å². The molecule has 0 aliphatic heterocycles. The summed E-state index contributed by atoms with van der Waals surface area (Å²) in [6.45, 7) is 0. The molecule has 0 aromatic rings. The molecule has 13 heavy (non-hydrogen) atoms. The first-order valence-corrected chi connectivity index (χ1v) is 5.17. The molecule has 0 saturated heterocycles. The maximum Gasteiger partial charge on any atom is 0.352 e. The SMILES string of the molecule is FC(F)(Br)C(F)(Cl)C1=CCCCC1. The Labute approximate surface area is 88.3 Å². The Morgan fingerprint density at radius 2 is 1.92 bits per heavy atom. The zero-order valence-corrected chi connectivity index (χ0v) is 9.14. The second kappa shape index (κ2) is 3.81. The van der Waals surface area contributed by atoms with E-state index >= 15 is 0 Å². The van der Waals surface area contributed by atoms with E-state index in [2.05, 4.69) is 0 Å². The molecule has 1 atom stereocenters. The van der Waals surface area contributed by atoms with Gasteiger partial charge in [0.15, 0.2) is 0 Å². The van der Waals surface area contributed by atoms with Crippen molar-refractivity contribution in [3.63, 3.8) is 0 Å². The van der Waals surface area contributed by atoms with Gasteiger partial charge in [-0.05, 0) is 47.2 Å². The van der Waals surface area contributed by atoms with Gasteiger partial charge in [0.1, 0.15) is 0 Å². The van der Waals surface area contributed by atoms with Gasteiger partial charge >= 0.3 is 4.83 Å². The van der Waals surface area contributed by atoms with Gasteiger partial charge in [-0.1, -0.05) is 17.7 Å². The van der Waals surface area contributed by atoms with Crippen molar-refractivity contribution < 1.29 is 13.2 Å². The molecule has 76 valence electrons. The maximum atomic E-state index is 13.4. The highest BCUT2D eigenvalue weighted by atomic mass is 79.9. The van der Waals surface area contributed by atoms with Gasteiger partial charge in [-0.3, -0.25) is 0 Å². The van der Waals surface area contributed by atoms with Crippen molar-refractivity contribution >= 4 is 27.5 Å². The van der Waals surface area contributed by atoms with E-state index in [4.69, 9.17) is 11.6 Å². The van der Waals surface area contributed by atoms with Crippen LogP contribution in [0.3, 0.4) is 0 Å². The van der Waals surface area contributed by atoms with E-state index < -0.39 is 9.96 Å². The molecule has 5 heteroatoms. The predicted octanol–water partition coefficient (Wildman–Crippen LogP) is 4.38. The quantitative estimate of drug-likeness (QED) is 0.519. The van der Waals surface area contributed by atoms with Crippen LogP contribution in [0.2, 0.25) is 0 Å². The molecule has 0 nitrogen and oxygen atoms in total. The third kappa shape index (κ3) is 2.40. The van der Waals surface area contributed by atoms with Crippen LogP contribution in [0.5, 0.6) is 0 Å². The van der Waals surface area contributed by atoms with Crippen LogP contribution in [0.15, 0.2) is 11.6 Å². The number of rotatable bonds is 2. The van der Waals surface area contributed by atoms with Crippen LogP contribution in [-0.4, -0.2) is 9.96 Å². The smallest absolute Gasteiger partial charge is 0.213 e. The van der Waals surface area contributed by atoms with Crippen molar-refractivity contribution in [2.24, 2.45) is 0 Å². The molecule has 1 unspecified atom stereocenters. The van der Waals surface area contributed by atoms with Crippen LogP contribution < -0.4 is 0 Å². The number of allylic oxidation sites excluding steroid dienone is 2. The fraction of sp³-hybridized carbons (Fsp3) is 0.750. The van der Waals surface area contributed by atoms with Crippen molar-refractivity contribution in [1.82, 2.24) is 0 Å². The molecule has 0 fully saturated rings. The largest absolute Gasteiger partial charge is 0.352 e. The first kappa shape index (κ1) is 11.4. The third-order valence-electron chi connectivity index (χ3n) is 2.05. The van der Waals surface area contributed by atoms with Crippen molar-refractivity contribution in [3.05, 3.63) is 11.6 Å². The highest BCUT2D eigenvalue weighted by molar-refractivity contribution is 9.10. The summed E-state index contributed by atoms with van der Waals surface area (Å²) in [4.78, 5) is -3.70. The second-order valence-electron chi connectivity index (χ2n) is 3.05. The van der Waals surface area contributed by atoms with Crippen LogP contribution in [0.25, 0.3) is 0 Å². The molecule has 1 aliphatic carbocycles. The van der Waals surface area contributed by atoms with E-state index in [1.54, 1.807) is 0 Å². The molecule has 0 amide bonds. The number of halogens is 5.